The number of hydrogen-bond acceptors (Lipinski definition) is 3. The molecule has 65 heavy (non-hydrogen) atoms. The highest BCUT2D eigenvalue weighted by Crippen LogP contribution is 2.60. The largest absolute Gasteiger partial charge is 0.497 e. The molecule has 1 atom stereocenters. The van der Waals surface area contributed by atoms with Gasteiger partial charge in [-0.1, -0.05) is 181 Å². The molecule has 0 amide bonds. The number of aryl methyl sites for hydroxylation is 1. The fourth-order valence-electron chi connectivity index (χ4n) is 10.7. The second-order valence-electron chi connectivity index (χ2n) is 17.4. The van der Waals surface area contributed by atoms with Crippen LogP contribution in [0, 0.1) is 6.92 Å². The van der Waals surface area contributed by atoms with Gasteiger partial charge >= 0.3 is 0 Å². The molecule has 0 spiro atoms. The molecular formula is C62H44O3. The van der Waals surface area contributed by atoms with Gasteiger partial charge in [-0.2, -0.15) is 0 Å². The van der Waals surface area contributed by atoms with E-state index in [1.54, 1.807) is 7.11 Å². The molecule has 3 heteroatoms. The van der Waals surface area contributed by atoms with Crippen molar-refractivity contribution in [1.82, 2.24) is 0 Å². The summed E-state index contributed by atoms with van der Waals surface area (Å²) >= 11 is 0. The van der Waals surface area contributed by atoms with Gasteiger partial charge in [0.1, 0.15) is 22.8 Å². The lowest BCUT2D eigenvalue weighted by Crippen LogP contribution is -2.29. The summed E-state index contributed by atoms with van der Waals surface area (Å²) < 4.78 is 12.0. The van der Waals surface area contributed by atoms with Gasteiger partial charge in [0.25, 0.3) is 0 Å². The Balaban J connectivity index is 0.988. The van der Waals surface area contributed by atoms with Crippen LogP contribution in [0.3, 0.4) is 0 Å². The van der Waals surface area contributed by atoms with Crippen molar-refractivity contribution in [1.29, 1.82) is 0 Å². The Morgan fingerprint density at radius 2 is 0.831 bits per heavy atom. The first kappa shape index (κ1) is 38.7. The van der Waals surface area contributed by atoms with Crippen molar-refractivity contribution in [2.24, 2.45) is 0 Å². The first-order valence-electron chi connectivity index (χ1n) is 22.2. The van der Waals surface area contributed by atoms with Crippen LogP contribution in [0.25, 0.3) is 54.2 Å². The fraction of sp³-hybridized carbons (Fsp3) is 0.0645. The second-order valence-corrected chi connectivity index (χ2v) is 17.4. The summed E-state index contributed by atoms with van der Waals surface area (Å²) in [5, 5.41) is 22.1. The molecule has 0 radical (unpaired) electrons. The van der Waals surface area contributed by atoms with Gasteiger partial charge in [0.15, 0.2) is 0 Å². The van der Waals surface area contributed by atoms with Crippen LogP contribution in [-0.2, 0) is 11.0 Å². The molecule has 0 heterocycles. The van der Waals surface area contributed by atoms with E-state index in [0.717, 1.165) is 39.0 Å². The maximum Gasteiger partial charge on any atom is 0.140 e. The highest BCUT2D eigenvalue weighted by Gasteiger charge is 2.48. The van der Waals surface area contributed by atoms with Crippen molar-refractivity contribution < 1.29 is 14.6 Å². The van der Waals surface area contributed by atoms with E-state index in [1.165, 1.54) is 71.3 Å². The molecule has 1 N–H and O–H groups in total. The van der Waals surface area contributed by atoms with Crippen molar-refractivity contribution in [2.75, 3.05) is 7.11 Å². The average Bonchev–Trinajstić information content (AvgIpc) is 3.68. The topological polar surface area (TPSA) is 38.7 Å². The van der Waals surface area contributed by atoms with Crippen LogP contribution in [0.5, 0.6) is 17.2 Å². The lowest BCUT2D eigenvalue weighted by atomic mass is 9.65. The Morgan fingerprint density at radius 3 is 1.42 bits per heavy atom. The van der Waals surface area contributed by atoms with Crippen molar-refractivity contribution in [2.45, 2.75) is 17.9 Å². The van der Waals surface area contributed by atoms with Gasteiger partial charge in [-0.15, -0.1) is 0 Å². The third-order valence-electron chi connectivity index (χ3n) is 13.8. The molecule has 11 aromatic carbocycles. The Kier molecular flexibility index (Phi) is 8.98. The molecule has 0 fully saturated rings. The van der Waals surface area contributed by atoms with Crippen LogP contribution in [0.4, 0.5) is 0 Å². The van der Waals surface area contributed by atoms with Crippen LogP contribution >= 0.6 is 0 Å². The van der Waals surface area contributed by atoms with Gasteiger partial charge in [-0.3, -0.25) is 0 Å². The zero-order valence-corrected chi connectivity index (χ0v) is 36.1. The molecule has 0 aromatic heterocycles. The van der Waals surface area contributed by atoms with Gasteiger partial charge in [0.2, 0.25) is 0 Å². The van der Waals surface area contributed by atoms with E-state index in [0.29, 0.717) is 5.75 Å². The number of methoxy groups -OCH3 is 1. The number of ether oxygens (including phenoxy) is 2. The zero-order valence-electron chi connectivity index (χ0n) is 36.1. The normalized spacial score (nSPS) is 13.7. The maximum absolute atomic E-state index is 12.5. The number of benzene rings is 11. The van der Waals surface area contributed by atoms with Crippen LogP contribution in [0.15, 0.2) is 224 Å². The van der Waals surface area contributed by atoms with E-state index in [2.05, 4.69) is 153 Å². The summed E-state index contributed by atoms with van der Waals surface area (Å²) in [6.07, 6.45) is 0. The van der Waals surface area contributed by atoms with Gasteiger partial charge in [-0.05, 0) is 149 Å². The number of hydrogen-bond donors (Lipinski definition) is 1. The number of rotatable bonds is 8. The standard InChI is InChI=1S/C62H44O3/c1-40-16-17-44-37-50(23-18-43(44)36-40)61(59-55-14-8-6-10-41(55)21-34-57(59)58-35-22-42-11-7-9-15-56(42)60(58)61)51-24-19-46-39-54(29-20-45(46)38-51)65-53-32-27-49(28-33-53)62(63,47-12-4-3-5-13-47)48-25-30-52(64-2)31-26-48/h3-39,63H,1-2H3. The summed E-state index contributed by atoms with van der Waals surface area (Å²) in [5.41, 5.74) is 9.15. The molecule has 310 valence electrons. The summed E-state index contributed by atoms with van der Waals surface area (Å²) in [7, 11) is 1.64. The SMILES string of the molecule is COc1ccc(C(O)(c2ccccc2)c2ccc(Oc3ccc4cc(C5(c6ccc7cc(C)ccc7c6)c6c(ccc7ccccc67)-c6ccc7ccccc7c65)ccc4c3)cc2)cc1. The lowest BCUT2D eigenvalue weighted by molar-refractivity contribution is 0.125. The molecule has 1 aliphatic carbocycles. The Bertz CT molecular complexity index is 3540. The summed E-state index contributed by atoms with van der Waals surface area (Å²) in [6, 6.07) is 79.3. The smallest absolute Gasteiger partial charge is 0.140 e. The van der Waals surface area contributed by atoms with E-state index in [-0.39, 0.29) is 0 Å². The molecule has 3 nitrogen and oxygen atoms in total. The minimum atomic E-state index is -1.38. The van der Waals surface area contributed by atoms with E-state index in [1.807, 2.05) is 78.9 Å². The minimum Gasteiger partial charge on any atom is -0.497 e. The Morgan fingerprint density at radius 1 is 0.385 bits per heavy atom. The Labute approximate surface area is 378 Å². The van der Waals surface area contributed by atoms with E-state index < -0.39 is 11.0 Å². The molecule has 1 aliphatic rings. The predicted octanol–water partition coefficient (Wildman–Crippen LogP) is 15.1. The van der Waals surface area contributed by atoms with Crippen LogP contribution in [-0.4, -0.2) is 12.2 Å². The third kappa shape index (κ3) is 6.08. The fourth-order valence-corrected chi connectivity index (χ4v) is 10.7. The molecule has 0 saturated heterocycles. The van der Waals surface area contributed by atoms with Gasteiger partial charge in [0.05, 0.1) is 12.5 Å². The van der Waals surface area contributed by atoms with Crippen molar-refractivity contribution in [3.63, 3.8) is 0 Å². The molecule has 0 saturated carbocycles. The van der Waals surface area contributed by atoms with Gasteiger partial charge in [-0.25, -0.2) is 0 Å². The first-order valence-corrected chi connectivity index (χ1v) is 22.2. The monoisotopic (exact) mass is 836 g/mol. The number of aliphatic hydroxyl groups is 1. The molecule has 0 bridgehead atoms. The maximum atomic E-state index is 12.5. The van der Waals surface area contributed by atoms with E-state index >= 15 is 0 Å². The summed E-state index contributed by atoms with van der Waals surface area (Å²) in [4.78, 5) is 0. The van der Waals surface area contributed by atoms with Crippen LogP contribution < -0.4 is 9.47 Å². The van der Waals surface area contributed by atoms with Crippen molar-refractivity contribution in [3.8, 4) is 28.4 Å². The molecular weight excluding hydrogens is 793 g/mol. The lowest BCUT2D eigenvalue weighted by Gasteiger charge is -2.36. The second kappa shape index (κ2) is 15.1. The van der Waals surface area contributed by atoms with Crippen LogP contribution in [0.2, 0.25) is 0 Å². The zero-order chi connectivity index (χ0) is 43.7. The average molecular weight is 837 g/mol. The van der Waals surface area contributed by atoms with Gasteiger partial charge < -0.3 is 14.6 Å². The Hall–Kier alpha value is -7.98. The molecule has 12 rings (SSSR count). The quantitative estimate of drug-likeness (QED) is 0.155. The van der Waals surface area contributed by atoms with Crippen LogP contribution in [0.1, 0.15) is 44.5 Å². The highest BCUT2D eigenvalue weighted by molar-refractivity contribution is 6.07. The number of fused-ring (bicyclic) bond motifs is 9. The summed E-state index contributed by atoms with van der Waals surface area (Å²) in [5.74, 6) is 2.15. The van der Waals surface area contributed by atoms with Gasteiger partial charge in [0, 0.05) is 0 Å². The minimum absolute atomic E-state index is 0.635. The summed E-state index contributed by atoms with van der Waals surface area (Å²) in [6.45, 7) is 2.16. The van der Waals surface area contributed by atoms with E-state index in [4.69, 9.17) is 9.47 Å². The predicted molar refractivity (Wildman–Crippen MR) is 267 cm³/mol. The molecule has 1 unspecified atom stereocenters. The highest BCUT2D eigenvalue weighted by atomic mass is 16.5. The van der Waals surface area contributed by atoms with Crippen molar-refractivity contribution in [3.05, 3.63) is 269 Å². The van der Waals surface area contributed by atoms with E-state index in [9.17, 15) is 5.11 Å². The third-order valence-corrected chi connectivity index (χ3v) is 13.8. The van der Waals surface area contributed by atoms with Crippen molar-refractivity contribution >= 4 is 43.1 Å². The molecule has 0 aliphatic heterocycles. The first-order chi connectivity index (χ1) is 31.9. The molecule has 11 aromatic rings.